The van der Waals surface area contributed by atoms with Crippen LogP contribution >= 0.6 is 0 Å². The molecule has 3 N–H and O–H groups in total. The van der Waals surface area contributed by atoms with Gasteiger partial charge in [0.1, 0.15) is 0 Å². The van der Waals surface area contributed by atoms with E-state index in [1.807, 2.05) is 6.07 Å². The fourth-order valence-corrected chi connectivity index (χ4v) is 1.14. The standard InChI is InChI=1S/C9H11N3O/c1-6-4-7(5-9(13)12-6)8(11)2-3-10/h4-5,8H,2,11H2,1H3,(H,12,13)/t8-/m0/s1. The number of nitrogens with two attached hydrogens (primary N) is 1. The van der Waals surface area contributed by atoms with Gasteiger partial charge in [0.25, 0.3) is 0 Å². The second-order valence-electron chi connectivity index (χ2n) is 2.93. The Balaban J connectivity index is 3.02. The van der Waals surface area contributed by atoms with E-state index in [0.29, 0.717) is 5.56 Å². The third-order valence-electron chi connectivity index (χ3n) is 1.74. The number of nitrogens with one attached hydrogen (secondary N) is 1. The summed E-state index contributed by atoms with van der Waals surface area (Å²) in [6, 6.07) is 4.80. The Morgan fingerprint density at radius 3 is 2.92 bits per heavy atom. The molecule has 0 aliphatic rings. The van der Waals surface area contributed by atoms with E-state index < -0.39 is 0 Å². The van der Waals surface area contributed by atoms with Gasteiger partial charge in [-0.1, -0.05) is 0 Å². The van der Waals surface area contributed by atoms with Crippen LogP contribution in [0.2, 0.25) is 0 Å². The highest BCUT2D eigenvalue weighted by molar-refractivity contribution is 5.19. The van der Waals surface area contributed by atoms with Crippen molar-refractivity contribution in [1.29, 1.82) is 5.26 Å². The number of hydrogen-bond donors (Lipinski definition) is 2. The topological polar surface area (TPSA) is 82.7 Å². The van der Waals surface area contributed by atoms with Gasteiger partial charge in [0.05, 0.1) is 12.5 Å². The summed E-state index contributed by atoms with van der Waals surface area (Å²) in [5, 5.41) is 8.42. The van der Waals surface area contributed by atoms with Crippen molar-refractivity contribution in [3.63, 3.8) is 0 Å². The molecule has 68 valence electrons. The van der Waals surface area contributed by atoms with Gasteiger partial charge in [0, 0.05) is 17.8 Å². The first-order valence-electron chi connectivity index (χ1n) is 3.97. The van der Waals surface area contributed by atoms with Crippen LogP contribution in [0.25, 0.3) is 0 Å². The lowest BCUT2D eigenvalue weighted by molar-refractivity contribution is 0.743. The summed E-state index contributed by atoms with van der Waals surface area (Å²) in [4.78, 5) is 13.6. The number of hydrogen-bond acceptors (Lipinski definition) is 3. The van der Waals surface area contributed by atoms with Crippen molar-refractivity contribution in [2.24, 2.45) is 5.73 Å². The summed E-state index contributed by atoms with van der Waals surface area (Å²) in [5.74, 6) is 0. The molecule has 1 rings (SSSR count). The fourth-order valence-electron chi connectivity index (χ4n) is 1.14. The number of aromatic amines is 1. The molecule has 0 saturated heterocycles. The number of nitrogens with zero attached hydrogens (tertiary/aromatic N) is 1. The molecule has 0 radical (unpaired) electrons. The quantitative estimate of drug-likeness (QED) is 0.693. The monoisotopic (exact) mass is 177 g/mol. The first-order chi connectivity index (χ1) is 6.13. The van der Waals surface area contributed by atoms with Crippen LogP contribution in [0.15, 0.2) is 16.9 Å². The molecule has 0 bridgehead atoms. The predicted octanol–water partition coefficient (Wildman–Crippen LogP) is 0.597. The van der Waals surface area contributed by atoms with Gasteiger partial charge in [-0.15, -0.1) is 0 Å². The number of nitriles is 1. The van der Waals surface area contributed by atoms with Gasteiger partial charge in [0.15, 0.2) is 0 Å². The SMILES string of the molecule is Cc1cc([C@@H](N)CC#N)cc(=O)[nH]1. The molecule has 1 heterocycles. The van der Waals surface area contributed by atoms with Crippen molar-refractivity contribution in [2.45, 2.75) is 19.4 Å². The molecule has 13 heavy (non-hydrogen) atoms. The summed E-state index contributed by atoms with van der Waals surface area (Å²) < 4.78 is 0. The zero-order chi connectivity index (χ0) is 9.84. The molecule has 1 aromatic heterocycles. The molecule has 0 fully saturated rings. The van der Waals surface area contributed by atoms with Crippen LogP contribution in [-0.4, -0.2) is 4.98 Å². The Morgan fingerprint density at radius 2 is 2.38 bits per heavy atom. The average molecular weight is 177 g/mol. The van der Waals surface area contributed by atoms with E-state index >= 15 is 0 Å². The van der Waals surface area contributed by atoms with Crippen LogP contribution in [0, 0.1) is 18.3 Å². The van der Waals surface area contributed by atoms with Crippen LogP contribution in [0.5, 0.6) is 0 Å². The second-order valence-corrected chi connectivity index (χ2v) is 2.93. The van der Waals surface area contributed by atoms with Crippen molar-refractivity contribution in [3.8, 4) is 6.07 Å². The van der Waals surface area contributed by atoms with Crippen LogP contribution in [0.1, 0.15) is 23.7 Å². The number of aryl methyl sites for hydroxylation is 1. The molecule has 0 unspecified atom stereocenters. The van der Waals surface area contributed by atoms with E-state index in [2.05, 4.69) is 4.98 Å². The lowest BCUT2D eigenvalue weighted by Gasteiger charge is -2.07. The maximum atomic E-state index is 11.0. The summed E-state index contributed by atoms with van der Waals surface area (Å²) in [6.45, 7) is 1.78. The maximum Gasteiger partial charge on any atom is 0.248 e. The maximum absolute atomic E-state index is 11.0. The number of H-pyrrole nitrogens is 1. The lowest BCUT2D eigenvalue weighted by atomic mass is 10.1. The van der Waals surface area contributed by atoms with Gasteiger partial charge in [-0.2, -0.15) is 5.26 Å². The van der Waals surface area contributed by atoms with E-state index in [0.717, 1.165) is 5.69 Å². The molecule has 1 atom stereocenters. The van der Waals surface area contributed by atoms with Crippen LogP contribution in [0.3, 0.4) is 0 Å². The third-order valence-corrected chi connectivity index (χ3v) is 1.74. The molecule has 0 spiro atoms. The summed E-state index contributed by atoms with van der Waals surface area (Å²) in [5.41, 5.74) is 6.96. The first-order valence-corrected chi connectivity index (χ1v) is 3.97. The number of rotatable bonds is 2. The highest BCUT2D eigenvalue weighted by Gasteiger charge is 2.05. The van der Waals surface area contributed by atoms with Crippen molar-refractivity contribution in [1.82, 2.24) is 4.98 Å². The minimum Gasteiger partial charge on any atom is -0.326 e. The Kier molecular flexibility index (Phi) is 2.83. The third kappa shape index (κ3) is 2.42. The minimum atomic E-state index is -0.369. The first kappa shape index (κ1) is 9.49. The fraction of sp³-hybridized carbons (Fsp3) is 0.333. The van der Waals surface area contributed by atoms with Crippen LogP contribution < -0.4 is 11.3 Å². The Bertz CT molecular complexity index is 389. The smallest absolute Gasteiger partial charge is 0.248 e. The summed E-state index contributed by atoms with van der Waals surface area (Å²) in [7, 11) is 0. The van der Waals surface area contributed by atoms with E-state index in [1.165, 1.54) is 6.07 Å². The zero-order valence-corrected chi connectivity index (χ0v) is 7.37. The molecule has 0 aromatic carbocycles. The van der Waals surface area contributed by atoms with Gasteiger partial charge in [-0.25, -0.2) is 0 Å². The van der Waals surface area contributed by atoms with Crippen molar-refractivity contribution >= 4 is 0 Å². The zero-order valence-electron chi connectivity index (χ0n) is 7.37. The molecule has 0 aliphatic carbocycles. The van der Waals surface area contributed by atoms with Crippen molar-refractivity contribution in [2.75, 3.05) is 0 Å². The second kappa shape index (κ2) is 3.87. The minimum absolute atomic E-state index is 0.177. The number of aromatic nitrogens is 1. The average Bonchev–Trinajstić information content (AvgIpc) is 2.03. The molecule has 4 heteroatoms. The molecule has 4 nitrogen and oxygen atoms in total. The molecule has 0 saturated carbocycles. The Hall–Kier alpha value is -1.60. The van der Waals surface area contributed by atoms with Gasteiger partial charge in [-0.05, 0) is 18.6 Å². The number of pyridine rings is 1. The van der Waals surface area contributed by atoms with Gasteiger partial charge < -0.3 is 10.7 Å². The van der Waals surface area contributed by atoms with E-state index in [9.17, 15) is 4.79 Å². The van der Waals surface area contributed by atoms with E-state index in [-0.39, 0.29) is 18.0 Å². The molecular formula is C9H11N3O. The van der Waals surface area contributed by atoms with Crippen molar-refractivity contribution < 1.29 is 0 Å². The normalized spacial score (nSPS) is 12.1. The highest BCUT2D eigenvalue weighted by atomic mass is 16.1. The summed E-state index contributed by atoms with van der Waals surface area (Å²) in [6.07, 6.45) is 0.225. The van der Waals surface area contributed by atoms with Gasteiger partial charge in [0.2, 0.25) is 5.56 Å². The predicted molar refractivity (Wildman–Crippen MR) is 49.0 cm³/mol. The van der Waals surface area contributed by atoms with Gasteiger partial charge >= 0.3 is 0 Å². The Labute approximate surface area is 76.0 Å². The van der Waals surface area contributed by atoms with Crippen LogP contribution in [0.4, 0.5) is 0 Å². The van der Waals surface area contributed by atoms with Crippen LogP contribution in [-0.2, 0) is 0 Å². The molecular weight excluding hydrogens is 166 g/mol. The van der Waals surface area contributed by atoms with E-state index in [4.69, 9.17) is 11.0 Å². The molecule has 0 amide bonds. The lowest BCUT2D eigenvalue weighted by Crippen LogP contribution is -2.15. The molecule has 0 aliphatic heterocycles. The summed E-state index contributed by atoms with van der Waals surface area (Å²) >= 11 is 0. The highest BCUT2D eigenvalue weighted by Crippen LogP contribution is 2.11. The van der Waals surface area contributed by atoms with Gasteiger partial charge in [-0.3, -0.25) is 4.79 Å². The van der Waals surface area contributed by atoms with E-state index in [1.54, 1.807) is 13.0 Å². The molecule has 1 aromatic rings. The van der Waals surface area contributed by atoms with Crippen molar-refractivity contribution in [3.05, 3.63) is 33.7 Å². The largest absolute Gasteiger partial charge is 0.326 e. The Morgan fingerprint density at radius 1 is 1.69 bits per heavy atom.